The fourth-order valence-corrected chi connectivity index (χ4v) is 5.23. The molecule has 2 aromatic heterocycles. The maximum Gasteiger partial charge on any atom is 0.411 e. The number of amides is 2. The lowest BCUT2D eigenvalue weighted by atomic mass is 9.97. The molecule has 0 saturated carbocycles. The van der Waals surface area contributed by atoms with Gasteiger partial charge in [0.1, 0.15) is 23.0 Å². The standard InChI is InChI=1S/C28H28Cl2N8O3/c1-41-28(40)32-20-10-11-21-17(15-20)6-4-2-3-5-7-22(27-34-25(21)26(30)35-27)33-24(39)13-8-18-14-19(29)9-12-23(18)38-16-31-36-37-38/h8-16,22H,2-7H2,1H3,(H,32,40)(H,33,39)(H,34,35). The van der Waals surface area contributed by atoms with Gasteiger partial charge in [-0.1, -0.05) is 48.5 Å². The molecule has 2 amide bonds. The van der Waals surface area contributed by atoms with Gasteiger partial charge in [0, 0.05) is 27.9 Å². The molecule has 11 nitrogen and oxygen atoms in total. The zero-order valence-corrected chi connectivity index (χ0v) is 23.7. The number of benzene rings is 2. The van der Waals surface area contributed by atoms with Crippen LogP contribution in [0, 0.1) is 0 Å². The number of hydrogen-bond donors (Lipinski definition) is 3. The van der Waals surface area contributed by atoms with Gasteiger partial charge in [-0.05, 0) is 71.7 Å². The average Bonchev–Trinajstić information content (AvgIpc) is 3.63. The second kappa shape index (κ2) is 13.0. The van der Waals surface area contributed by atoms with E-state index in [1.54, 1.807) is 30.3 Å². The third-order valence-electron chi connectivity index (χ3n) is 6.81. The molecule has 4 aromatic rings. The third kappa shape index (κ3) is 6.93. The first-order chi connectivity index (χ1) is 19.9. The van der Waals surface area contributed by atoms with Gasteiger partial charge in [-0.3, -0.25) is 10.1 Å². The highest BCUT2D eigenvalue weighted by molar-refractivity contribution is 6.32. The molecule has 3 N–H and O–H groups in total. The highest BCUT2D eigenvalue weighted by atomic mass is 35.5. The number of carbonyl (C=O) groups excluding carboxylic acids is 2. The fraction of sp³-hybridized carbons (Fsp3) is 0.286. The number of halogens is 2. The molecular weight excluding hydrogens is 567 g/mol. The highest BCUT2D eigenvalue weighted by Gasteiger charge is 2.22. The maximum atomic E-state index is 13.1. The van der Waals surface area contributed by atoms with Crippen molar-refractivity contribution in [3.05, 3.63) is 75.9 Å². The monoisotopic (exact) mass is 594 g/mol. The number of H-pyrrole nitrogens is 1. The summed E-state index contributed by atoms with van der Waals surface area (Å²) >= 11 is 12.9. The van der Waals surface area contributed by atoms with E-state index in [9.17, 15) is 9.59 Å². The Labute approximate surface area is 246 Å². The fourth-order valence-electron chi connectivity index (χ4n) is 4.81. The second-order valence-corrected chi connectivity index (χ2v) is 10.4. The molecule has 5 rings (SSSR count). The van der Waals surface area contributed by atoms with E-state index in [0.29, 0.717) is 45.1 Å². The van der Waals surface area contributed by atoms with E-state index in [-0.39, 0.29) is 11.9 Å². The molecule has 1 aliphatic rings. The minimum absolute atomic E-state index is 0.294. The van der Waals surface area contributed by atoms with E-state index in [4.69, 9.17) is 32.9 Å². The molecule has 2 bridgehead atoms. The van der Waals surface area contributed by atoms with Crippen LogP contribution in [0.25, 0.3) is 23.0 Å². The van der Waals surface area contributed by atoms with E-state index in [1.165, 1.54) is 24.2 Å². The predicted octanol–water partition coefficient (Wildman–Crippen LogP) is 5.91. The molecule has 41 heavy (non-hydrogen) atoms. The lowest BCUT2D eigenvalue weighted by Gasteiger charge is -2.17. The van der Waals surface area contributed by atoms with Crippen molar-refractivity contribution in [2.75, 3.05) is 12.4 Å². The van der Waals surface area contributed by atoms with Crippen LogP contribution >= 0.6 is 23.2 Å². The zero-order chi connectivity index (χ0) is 28.8. The van der Waals surface area contributed by atoms with E-state index in [0.717, 1.165) is 43.2 Å². The molecule has 13 heteroatoms. The van der Waals surface area contributed by atoms with Crippen molar-refractivity contribution < 1.29 is 14.3 Å². The molecule has 0 fully saturated rings. The summed E-state index contributed by atoms with van der Waals surface area (Å²) in [5.74, 6) is 0.282. The minimum atomic E-state index is -0.534. The van der Waals surface area contributed by atoms with Crippen molar-refractivity contribution in [1.29, 1.82) is 0 Å². The Bertz CT molecular complexity index is 1570. The van der Waals surface area contributed by atoms with E-state index in [2.05, 4.69) is 31.1 Å². The minimum Gasteiger partial charge on any atom is -0.453 e. The maximum absolute atomic E-state index is 13.1. The first-order valence-electron chi connectivity index (χ1n) is 13.2. The van der Waals surface area contributed by atoms with Crippen LogP contribution in [0.1, 0.15) is 55.1 Å². The lowest BCUT2D eigenvalue weighted by molar-refractivity contribution is -0.117. The van der Waals surface area contributed by atoms with Crippen LogP contribution in [0.5, 0.6) is 0 Å². The normalized spacial score (nSPS) is 15.4. The van der Waals surface area contributed by atoms with Gasteiger partial charge in [0.25, 0.3) is 0 Å². The summed E-state index contributed by atoms with van der Waals surface area (Å²) in [4.78, 5) is 32.8. The van der Waals surface area contributed by atoms with Gasteiger partial charge in [-0.2, -0.15) is 4.68 Å². The number of hydrogen-bond acceptors (Lipinski definition) is 7. The van der Waals surface area contributed by atoms with Crippen LogP contribution in [0.3, 0.4) is 0 Å². The number of nitrogens with one attached hydrogen (secondary N) is 3. The molecule has 0 radical (unpaired) electrons. The summed E-state index contributed by atoms with van der Waals surface area (Å²) in [7, 11) is 1.32. The SMILES string of the molecule is COC(=O)Nc1ccc2c(c1)CCCCCCC(NC(=O)C=Cc1cc(Cl)ccc1-n1cnnn1)c1nc-2c(Cl)[nH]1. The first kappa shape index (κ1) is 28.3. The number of imidazole rings is 1. The summed E-state index contributed by atoms with van der Waals surface area (Å²) in [6.07, 6.45) is 9.45. The van der Waals surface area contributed by atoms with Crippen molar-refractivity contribution in [3.63, 3.8) is 0 Å². The summed E-state index contributed by atoms with van der Waals surface area (Å²) < 4.78 is 6.22. The van der Waals surface area contributed by atoms with Crippen molar-refractivity contribution in [1.82, 2.24) is 35.5 Å². The predicted molar refractivity (Wildman–Crippen MR) is 156 cm³/mol. The van der Waals surface area contributed by atoms with Crippen molar-refractivity contribution in [3.8, 4) is 16.9 Å². The lowest BCUT2D eigenvalue weighted by Crippen LogP contribution is -2.27. The molecule has 212 valence electrons. The Morgan fingerprint density at radius 3 is 2.78 bits per heavy atom. The number of anilines is 1. The van der Waals surface area contributed by atoms with Gasteiger partial charge >= 0.3 is 6.09 Å². The second-order valence-electron chi connectivity index (χ2n) is 9.58. The number of rotatable bonds is 5. The van der Waals surface area contributed by atoms with Crippen molar-refractivity contribution >= 4 is 47.0 Å². The summed E-state index contributed by atoms with van der Waals surface area (Å²) in [6, 6.07) is 10.5. The van der Waals surface area contributed by atoms with Crippen LogP contribution in [-0.4, -0.2) is 49.3 Å². The average molecular weight is 595 g/mol. The summed E-state index contributed by atoms with van der Waals surface area (Å²) in [6.45, 7) is 0. The summed E-state index contributed by atoms with van der Waals surface area (Å²) in [5, 5.41) is 18.0. The Kier molecular flexibility index (Phi) is 8.95. The van der Waals surface area contributed by atoms with E-state index < -0.39 is 6.09 Å². The van der Waals surface area contributed by atoms with Gasteiger partial charge in [0.15, 0.2) is 0 Å². The van der Waals surface area contributed by atoms with Crippen LogP contribution in [0.15, 0.2) is 48.8 Å². The Morgan fingerprint density at radius 2 is 1.98 bits per heavy atom. The van der Waals surface area contributed by atoms with Gasteiger partial charge in [-0.25, -0.2) is 9.78 Å². The van der Waals surface area contributed by atoms with Crippen LogP contribution in [-0.2, 0) is 16.0 Å². The number of ether oxygens (including phenoxy) is 1. The number of aryl methyl sites for hydroxylation is 1. The van der Waals surface area contributed by atoms with Gasteiger partial charge < -0.3 is 15.0 Å². The number of tetrazole rings is 1. The summed E-state index contributed by atoms with van der Waals surface area (Å²) in [5.41, 5.74) is 4.48. The molecule has 1 atom stereocenters. The Balaban J connectivity index is 1.39. The third-order valence-corrected chi connectivity index (χ3v) is 7.31. The number of nitrogens with zero attached hydrogens (tertiary/aromatic N) is 5. The van der Waals surface area contributed by atoms with Gasteiger partial charge in [0.05, 0.1) is 18.8 Å². The quantitative estimate of drug-likeness (QED) is 0.244. The molecule has 0 saturated heterocycles. The Morgan fingerprint density at radius 1 is 1.12 bits per heavy atom. The highest BCUT2D eigenvalue weighted by Crippen LogP contribution is 2.34. The molecular formula is C28H28Cl2N8O3. The molecule has 0 spiro atoms. The van der Waals surface area contributed by atoms with Crippen LogP contribution in [0.2, 0.25) is 10.2 Å². The number of methoxy groups -OCH3 is 1. The topological polar surface area (TPSA) is 140 Å². The molecule has 3 heterocycles. The van der Waals surface area contributed by atoms with Gasteiger partial charge in [0.2, 0.25) is 5.91 Å². The largest absolute Gasteiger partial charge is 0.453 e. The zero-order valence-electron chi connectivity index (χ0n) is 22.2. The van der Waals surface area contributed by atoms with Crippen LogP contribution < -0.4 is 10.6 Å². The number of fused-ring (bicyclic) bond motifs is 4. The van der Waals surface area contributed by atoms with E-state index in [1.807, 2.05) is 12.1 Å². The molecule has 1 aliphatic heterocycles. The first-order valence-corrected chi connectivity index (χ1v) is 13.9. The number of aromatic amines is 1. The molecule has 1 unspecified atom stereocenters. The number of aromatic nitrogens is 6. The van der Waals surface area contributed by atoms with Gasteiger partial charge in [-0.15, -0.1) is 5.10 Å². The smallest absolute Gasteiger partial charge is 0.411 e. The van der Waals surface area contributed by atoms with Crippen molar-refractivity contribution in [2.45, 2.75) is 44.6 Å². The molecule has 0 aliphatic carbocycles. The van der Waals surface area contributed by atoms with Crippen molar-refractivity contribution in [2.24, 2.45) is 0 Å². The van der Waals surface area contributed by atoms with E-state index >= 15 is 0 Å². The number of carbonyl (C=O) groups is 2. The van der Waals surface area contributed by atoms with Crippen LogP contribution in [0.4, 0.5) is 10.5 Å². The molecule has 2 aromatic carbocycles. The Hall–Kier alpha value is -4.22.